The standard InChI is InChI=1S/C20H25ClN2O3S/c1-5-19(20(24)22-13-16-9-6-14(2)7-10-16)23(27(4,25)26)17-11-8-15(3)18(21)12-17/h6-12,19H,5,13H2,1-4H3,(H,22,24). The SMILES string of the molecule is CCC(C(=O)NCc1ccc(C)cc1)N(c1ccc(C)c(Cl)c1)S(C)(=O)=O. The van der Waals surface area contributed by atoms with Gasteiger partial charge in [-0.05, 0) is 43.5 Å². The maximum atomic E-state index is 12.8. The number of aryl methyl sites for hydroxylation is 2. The minimum Gasteiger partial charge on any atom is -0.350 e. The number of sulfonamides is 1. The Balaban J connectivity index is 2.27. The van der Waals surface area contributed by atoms with Crippen LogP contribution in [0.4, 0.5) is 5.69 Å². The van der Waals surface area contributed by atoms with Crippen molar-refractivity contribution in [2.75, 3.05) is 10.6 Å². The molecule has 0 aliphatic carbocycles. The molecule has 7 heteroatoms. The zero-order valence-electron chi connectivity index (χ0n) is 16.0. The molecule has 2 aromatic carbocycles. The van der Waals surface area contributed by atoms with E-state index in [9.17, 15) is 13.2 Å². The Hall–Kier alpha value is -2.05. The summed E-state index contributed by atoms with van der Waals surface area (Å²) in [5, 5.41) is 3.29. The van der Waals surface area contributed by atoms with Crippen LogP contribution in [0.15, 0.2) is 42.5 Å². The lowest BCUT2D eigenvalue weighted by atomic mass is 10.1. The highest BCUT2D eigenvalue weighted by Gasteiger charge is 2.31. The molecule has 0 heterocycles. The van der Waals surface area contributed by atoms with Gasteiger partial charge in [0.25, 0.3) is 0 Å². The zero-order chi connectivity index (χ0) is 20.2. The molecule has 146 valence electrons. The van der Waals surface area contributed by atoms with Crippen LogP contribution in [0.25, 0.3) is 0 Å². The Morgan fingerprint density at radius 2 is 1.78 bits per heavy atom. The fraction of sp³-hybridized carbons (Fsp3) is 0.350. The van der Waals surface area contributed by atoms with E-state index in [1.807, 2.05) is 38.1 Å². The van der Waals surface area contributed by atoms with Crippen LogP contribution in [0, 0.1) is 13.8 Å². The maximum absolute atomic E-state index is 12.8. The lowest BCUT2D eigenvalue weighted by molar-refractivity contribution is -0.122. The van der Waals surface area contributed by atoms with Crippen LogP contribution in [0.5, 0.6) is 0 Å². The molecular formula is C20H25ClN2O3S. The van der Waals surface area contributed by atoms with E-state index in [1.165, 1.54) is 0 Å². The molecule has 0 fully saturated rings. The number of halogens is 1. The predicted molar refractivity (Wildman–Crippen MR) is 111 cm³/mol. The molecule has 0 bridgehead atoms. The number of nitrogens with zero attached hydrogens (tertiary/aromatic N) is 1. The zero-order valence-corrected chi connectivity index (χ0v) is 17.6. The van der Waals surface area contributed by atoms with Crippen LogP contribution in [0.3, 0.4) is 0 Å². The molecule has 0 aliphatic rings. The second-order valence-electron chi connectivity index (χ2n) is 6.62. The highest BCUT2D eigenvalue weighted by Crippen LogP contribution is 2.27. The van der Waals surface area contributed by atoms with E-state index in [-0.39, 0.29) is 5.91 Å². The molecule has 0 aromatic heterocycles. The fourth-order valence-corrected chi connectivity index (χ4v) is 4.17. The minimum atomic E-state index is -3.68. The molecule has 0 radical (unpaired) electrons. The van der Waals surface area contributed by atoms with Gasteiger partial charge in [-0.2, -0.15) is 0 Å². The first-order chi connectivity index (χ1) is 12.6. The third-order valence-corrected chi connectivity index (χ3v) is 5.91. The molecule has 0 spiro atoms. The smallest absolute Gasteiger partial charge is 0.244 e. The van der Waals surface area contributed by atoms with Crippen molar-refractivity contribution in [2.45, 2.75) is 39.8 Å². The second-order valence-corrected chi connectivity index (χ2v) is 8.89. The Kier molecular flexibility index (Phi) is 6.89. The van der Waals surface area contributed by atoms with Crippen molar-refractivity contribution in [2.24, 2.45) is 0 Å². The first-order valence-electron chi connectivity index (χ1n) is 8.72. The molecule has 1 unspecified atom stereocenters. The Bertz CT molecular complexity index is 911. The van der Waals surface area contributed by atoms with Crippen molar-refractivity contribution >= 4 is 33.2 Å². The van der Waals surface area contributed by atoms with Gasteiger partial charge in [-0.25, -0.2) is 8.42 Å². The van der Waals surface area contributed by atoms with Gasteiger partial charge in [-0.3, -0.25) is 9.10 Å². The van der Waals surface area contributed by atoms with Crippen LogP contribution in [0.1, 0.15) is 30.0 Å². The van der Waals surface area contributed by atoms with Crippen molar-refractivity contribution < 1.29 is 13.2 Å². The van der Waals surface area contributed by atoms with E-state index >= 15 is 0 Å². The average molecular weight is 409 g/mol. The number of carbonyl (C=O) groups excluding carboxylic acids is 1. The number of benzene rings is 2. The van der Waals surface area contributed by atoms with Crippen LogP contribution in [0.2, 0.25) is 5.02 Å². The lowest BCUT2D eigenvalue weighted by Crippen LogP contribution is -2.49. The van der Waals surface area contributed by atoms with Gasteiger partial charge in [0.15, 0.2) is 0 Å². The number of amides is 1. The van der Waals surface area contributed by atoms with Crippen LogP contribution < -0.4 is 9.62 Å². The number of anilines is 1. The Morgan fingerprint density at radius 3 is 2.30 bits per heavy atom. The van der Waals surface area contributed by atoms with Crippen LogP contribution in [-0.4, -0.2) is 26.6 Å². The average Bonchev–Trinajstić information content (AvgIpc) is 2.60. The first-order valence-corrected chi connectivity index (χ1v) is 10.9. The summed E-state index contributed by atoms with van der Waals surface area (Å²) in [6, 6.07) is 11.9. The molecule has 1 atom stereocenters. The quantitative estimate of drug-likeness (QED) is 0.757. The van der Waals surface area contributed by atoms with Crippen LogP contribution >= 0.6 is 11.6 Å². The molecule has 1 amide bonds. The molecule has 0 aliphatic heterocycles. The van der Waals surface area contributed by atoms with E-state index in [1.54, 1.807) is 25.1 Å². The molecule has 27 heavy (non-hydrogen) atoms. The number of hydrogen-bond donors (Lipinski definition) is 1. The Morgan fingerprint density at radius 1 is 1.15 bits per heavy atom. The largest absolute Gasteiger partial charge is 0.350 e. The van der Waals surface area contributed by atoms with Crippen molar-refractivity contribution in [3.63, 3.8) is 0 Å². The summed E-state index contributed by atoms with van der Waals surface area (Å²) < 4.78 is 26.0. The Labute approximate surface area is 166 Å². The summed E-state index contributed by atoms with van der Waals surface area (Å²) in [5.74, 6) is -0.347. The van der Waals surface area contributed by atoms with Gasteiger partial charge in [0.1, 0.15) is 6.04 Å². The van der Waals surface area contributed by atoms with E-state index in [4.69, 9.17) is 11.6 Å². The second kappa shape index (κ2) is 8.76. The summed E-state index contributed by atoms with van der Waals surface area (Å²) in [4.78, 5) is 12.8. The van der Waals surface area contributed by atoms with Gasteiger partial charge in [0.2, 0.25) is 15.9 Å². The number of carbonyl (C=O) groups is 1. The number of rotatable bonds is 7. The van der Waals surface area contributed by atoms with E-state index in [2.05, 4.69) is 5.32 Å². The first kappa shape index (κ1) is 21.3. The summed E-state index contributed by atoms with van der Waals surface area (Å²) in [5.41, 5.74) is 3.31. The molecule has 5 nitrogen and oxygen atoms in total. The normalized spacial score (nSPS) is 12.5. The van der Waals surface area contributed by atoms with Gasteiger partial charge < -0.3 is 5.32 Å². The summed E-state index contributed by atoms with van der Waals surface area (Å²) in [6.45, 7) is 5.95. The van der Waals surface area contributed by atoms with E-state index in [0.29, 0.717) is 23.7 Å². The predicted octanol–water partition coefficient (Wildman–Crippen LogP) is 3.82. The molecule has 2 aromatic rings. The fourth-order valence-electron chi connectivity index (χ4n) is 2.79. The maximum Gasteiger partial charge on any atom is 0.244 e. The molecule has 0 saturated carbocycles. The van der Waals surface area contributed by atoms with Gasteiger partial charge in [-0.15, -0.1) is 0 Å². The van der Waals surface area contributed by atoms with Crippen LogP contribution in [-0.2, 0) is 21.4 Å². The highest BCUT2D eigenvalue weighted by atomic mass is 35.5. The van der Waals surface area contributed by atoms with Crippen molar-refractivity contribution in [1.82, 2.24) is 5.32 Å². The van der Waals surface area contributed by atoms with Gasteiger partial charge in [0, 0.05) is 11.6 Å². The number of hydrogen-bond acceptors (Lipinski definition) is 3. The third kappa shape index (κ3) is 5.47. The highest BCUT2D eigenvalue weighted by molar-refractivity contribution is 7.92. The third-order valence-electron chi connectivity index (χ3n) is 4.33. The van der Waals surface area contributed by atoms with E-state index < -0.39 is 16.1 Å². The monoisotopic (exact) mass is 408 g/mol. The van der Waals surface area contributed by atoms with Crippen molar-refractivity contribution in [3.05, 3.63) is 64.2 Å². The van der Waals surface area contributed by atoms with Crippen molar-refractivity contribution in [1.29, 1.82) is 0 Å². The number of nitrogens with one attached hydrogen (secondary N) is 1. The summed E-state index contributed by atoms with van der Waals surface area (Å²) in [7, 11) is -3.68. The lowest BCUT2D eigenvalue weighted by Gasteiger charge is -2.30. The van der Waals surface area contributed by atoms with Gasteiger partial charge >= 0.3 is 0 Å². The van der Waals surface area contributed by atoms with Gasteiger partial charge in [-0.1, -0.05) is 54.4 Å². The minimum absolute atomic E-state index is 0.332. The molecule has 1 N–H and O–H groups in total. The molecule has 2 rings (SSSR count). The van der Waals surface area contributed by atoms with Crippen molar-refractivity contribution in [3.8, 4) is 0 Å². The summed E-state index contributed by atoms with van der Waals surface area (Å²) in [6.07, 6.45) is 1.43. The molecule has 0 saturated heterocycles. The summed E-state index contributed by atoms with van der Waals surface area (Å²) >= 11 is 6.17. The molecular weight excluding hydrogens is 384 g/mol. The van der Waals surface area contributed by atoms with Gasteiger partial charge in [0.05, 0.1) is 11.9 Å². The van der Waals surface area contributed by atoms with E-state index in [0.717, 1.165) is 27.3 Å². The topological polar surface area (TPSA) is 66.5 Å².